The molecule has 12 heteroatoms. The Morgan fingerprint density at radius 1 is 1.00 bits per heavy atom. The van der Waals surface area contributed by atoms with Crippen LogP contribution in [0.3, 0.4) is 0 Å². The third kappa shape index (κ3) is 9.07. The number of rotatable bonds is 13. The minimum Gasteiger partial charge on any atom is -0.436 e. The van der Waals surface area contributed by atoms with Gasteiger partial charge in [-0.15, -0.1) is 0 Å². The van der Waals surface area contributed by atoms with Crippen molar-refractivity contribution in [1.29, 1.82) is 0 Å². The highest BCUT2D eigenvalue weighted by molar-refractivity contribution is 6.45. The van der Waals surface area contributed by atoms with Gasteiger partial charge in [0, 0.05) is 24.9 Å². The first-order valence-corrected chi connectivity index (χ1v) is 14.4. The number of hydrogen-bond donors (Lipinski definition) is 4. The van der Waals surface area contributed by atoms with Gasteiger partial charge < -0.3 is 25.7 Å². The van der Waals surface area contributed by atoms with Crippen molar-refractivity contribution < 1.29 is 33.2 Å². The number of benzene rings is 1. The van der Waals surface area contributed by atoms with Gasteiger partial charge in [-0.25, -0.2) is 4.98 Å². The maximum Gasteiger partial charge on any atom is 0.289 e. The minimum atomic E-state index is -1.28. The molecular weight excluding hydrogens is 554 g/mol. The van der Waals surface area contributed by atoms with Crippen LogP contribution in [0.15, 0.2) is 40.9 Å². The summed E-state index contributed by atoms with van der Waals surface area (Å²) in [6, 6.07) is 4.53. The maximum atomic E-state index is 13.7. The minimum absolute atomic E-state index is 0.0448. The van der Waals surface area contributed by atoms with Crippen LogP contribution in [-0.4, -0.2) is 64.8 Å². The van der Waals surface area contributed by atoms with Gasteiger partial charge in [0.05, 0.1) is 12.2 Å². The first-order valence-electron chi connectivity index (χ1n) is 14.4. The van der Waals surface area contributed by atoms with Gasteiger partial charge in [0.1, 0.15) is 12.1 Å². The smallest absolute Gasteiger partial charge is 0.289 e. The van der Waals surface area contributed by atoms with Crippen LogP contribution in [0.25, 0.3) is 0 Å². The van der Waals surface area contributed by atoms with Crippen molar-refractivity contribution in [2.45, 2.75) is 78.9 Å². The van der Waals surface area contributed by atoms with E-state index in [0.29, 0.717) is 18.9 Å². The van der Waals surface area contributed by atoms with Crippen LogP contribution in [0.1, 0.15) is 80.7 Å². The maximum absolute atomic E-state index is 13.7. The fourth-order valence-corrected chi connectivity index (χ4v) is 4.85. The topological polar surface area (TPSA) is 177 Å². The molecule has 1 aromatic carbocycles. The summed E-state index contributed by atoms with van der Waals surface area (Å²) in [5, 5.41) is 10.8. The zero-order valence-electron chi connectivity index (χ0n) is 25.5. The molecule has 12 nitrogen and oxygen atoms in total. The fraction of sp³-hybridized carbons (Fsp3) is 0.516. The number of carbonyl (C=O) groups excluding carboxylic acids is 6. The number of aromatic nitrogens is 1. The summed E-state index contributed by atoms with van der Waals surface area (Å²) in [5.41, 5.74) is -0.593. The van der Waals surface area contributed by atoms with Crippen molar-refractivity contribution in [2.24, 2.45) is 17.3 Å². The number of carbonyl (C=O) groups is 6. The van der Waals surface area contributed by atoms with Crippen LogP contribution in [0, 0.1) is 24.2 Å². The first kappa shape index (κ1) is 33.2. The van der Waals surface area contributed by atoms with E-state index in [1.54, 1.807) is 45.9 Å². The number of aryl methyl sites for hydroxylation is 1. The quantitative estimate of drug-likeness (QED) is 0.201. The van der Waals surface area contributed by atoms with E-state index in [9.17, 15) is 28.8 Å². The Morgan fingerprint density at radius 2 is 1.65 bits per heavy atom. The number of hydrogen-bond acceptors (Lipinski definition) is 8. The van der Waals surface area contributed by atoms with Crippen LogP contribution in [-0.2, 0) is 19.2 Å². The predicted octanol–water partition coefficient (Wildman–Crippen LogP) is 2.12. The van der Waals surface area contributed by atoms with E-state index >= 15 is 0 Å². The molecule has 1 fully saturated rings. The molecule has 0 bridgehead atoms. The van der Waals surface area contributed by atoms with Gasteiger partial charge in [-0.1, -0.05) is 65.0 Å². The number of amides is 4. The predicted molar refractivity (Wildman–Crippen MR) is 157 cm³/mol. The molecule has 3 rings (SSSR count). The highest BCUT2D eigenvalue weighted by Crippen LogP contribution is 2.22. The number of nitrogens with one attached hydrogen (secondary N) is 4. The van der Waals surface area contributed by atoms with Crippen molar-refractivity contribution in [3.8, 4) is 0 Å². The van der Waals surface area contributed by atoms with Crippen LogP contribution in [0.5, 0.6) is 0 Å². The van der Waals surface area contributed by atoms with E-state index in [2.05, 4.69) is 26.3 Å². The molecule has 232 valence electrons. The van der Waals surface area contributed by atoms with E-state index in [4.69, 9.17) is 4.42 Å². The van der Waals surface area contributed by atoms with Crippen LogP contribution in [0.4, 0.5) is 0 Å². The lowest BCUT2D eigenvalue weighted by atomic mass is 9.85. The summed E-state index contributed by atoms with van der Waals surface area (Å²) < 4.78 is 5.28. The van der Waals surface area contributed by atoms with Crippen LogP contribution < -0.4 is 21.3 Å². The summed E-state index contributed by atoms with van der Waals surface area (Å²) in [7, 11) is 0. The first-order chi connectivity index (χ1) is 20.2. The Balaban J connectivity index is 1.82. The molecule has 43 heavy (non-hydrogen) atoms. The molecule has 2 heterocycles. The Labute approximate surface area is 251 Å². The number of ketones is 2. The zero-order chi connectivity index (χ0) is 31.9. The molecule has 0 saturated carbocycles. The highest BCUT2D eigenvalue weighted by atomic mass is 16.4. The summed E-state index contributed by atoms with van der Waals surface area (Å²) in [4.78, 5) is 82.7. The van der Waals surface area contributed by atoms with Crippen molar-refractivity contribution in [1.82, 2.24) is 26.3 Å². The molecule has 0 radical (unpaired) electrons. The van der Waals surface area contributed by atoms with E-state index < -0.39 is 58.7 Å². The summed E-state index contributed by atoms with van der Waals surface area (Å²) in [5.74, 6) is -4.19. The summed E-state index contributed by atoms with van der Waals surface area (Å²) >= 11 is 0. The van der Waals surface area contributed by atoms with Crippen molar-refractivity contribution in [3.63, 3.8) is 0 Å². The van der Waals surface area contributed by atoms with Gasteiger partial charge in [-0.3, -0.25) is 28.8 Å². The van der Waals surface area contributed by atoms with Gasteiger partial charge in [0.25, 0.3) is 5.91 Å². The van der Waals surface area contributed by atoms with Gasteiger partial charge in [0.15, 0.2) is 5.89 Å². The lowest BCUT2D eigenvalue weighted by Gasteiger charge is -2.32. The SMILES string of the molecule is Cc1ncc(C(=O)N[C@H](C(=O)NC(CC(C)C)C(=O)NC(CC2CCNC2=O)C(=O)C(=O)c2ccccc2)C(C)(C)C)o1. The molecule has 2 aromatic rings. The average Bonchev–Trinajstić information content (AvgIpc) is 3.57. The monoisotopic (exact) mass is 595 g/mol. The Bertz CT molecular complexity index is 1350. The normalized spacial score (nSPS) is 17.0. The number of nitrogens with zero attached hydrogens (tertiary/aromatic N) is 1. The molecule has 0 aliphatic carbocycles. The molecule has 1 aliphatic rings. The van der Waals surface area contributed by atoms with E-state index in [1.807, 2.05) is 13.8 Å². The highest BCUT2D eigenvalue weighted by Gasteiger charge is 2.38. The molecule has 1 aliphatic heterocycles. The second-order valence-corrected chi connectivity index (χ2v) is 12.3. The van der Waals surface area contributed by atoms with Crippen LogP contribution >= 0.6 is 0 Å². The van der Waals surface area contributed by atoms with Crippen LogP contribution in [0.2, 0.25) is 0 Å². The largest absolute Gasteiger partial charge is 0.436 e. The van der Waals surface area contributed by atoms with Crippen molar-refractivity contribution >= 4 is 35.2 Å². The molecule has 4 N–H and O–H groups in total. The average molecular weight is 596 g/mol. The molecule has 1 aromatic heterocycles. The van der Waals surface area contributed by atoms with E-state index in [0.717, 1.165) is 0 Å². The zero-order valence-corrected chi connectivity index (χ0v) is 25.5. The number of Topliss-reactive ketones (excluding diaryl/α,β-unsaturated/α-hetero) is 2. The Hall–Kier alpha value is -4.35. The van der Waals surface area contributed by atoms with E-state index in [-0.39, 0.29) is 36.0 Å². The van der Waals surface area contributed by atoms with Gasteiger partial charge in [0.2, 0.25) is 35.0 Å². The molecule has 0 spiro atoms. The molecular formula is C31H41N5O7. The second kappa shape index (κ2) is 14.2. The number of oxazole rings is 1. The third-order valence-corrected chi connectivity index (χ3v) is 7.16. The summed E-state index contributed by atoms with van der Waals surface area (Å²) in [6.45, 7) is 11.0. The molecule has 3 unspecified atom stereocenters. The molecule has 4 amide bonds. The van der Waals surface area contributed by atoms with Gasteiger partial charge >= 0.3 is 0 Å². The summed E-state index contributed by atoms with van der Waals surface area (Å²) in [6.07, 6.45) is 1.87. The van der Waals surface area contributed by atoms with Crippen molar-refractivity contribution in [3.05, 3.63) is 53.7 Å². The third-order valence-electron chi connectivity index (χ3n) is 7.16. The standard InChI is InChI=1S/C31H41N5O7/c1-17(2)14-22(35-30(42)26(31(4,5)6)36-29(41)23-16-33-18(3)43-23)28(40)34-21(15-20-12-13-32-27(20)39)25(38)24(37)19-10-8-7-9-11-19/h7-11,16-17,20-22,26H,12-15H2,1-6H3,(H,32,39)(H,34,40)(H,35,42)(H,36,41)/t20?,21?,22?,26-/m1/s1. The lowest BCUT2D eigenvalue weighted by molar-refractivity contribution is -0.133. The molecule has 4 atom stereocenters. The Kier molecular flexibility index (Phi) is 11.0. The fourth-order valence-electron chi connectivity index (χ4n) is 4.85. The molecule has 1 saturated heterocycles. The Morgan fingerprint density at radius 3 is 2.19 bits per heavy atom. The second-order valence-electron chi connectivity index (χ2n) is 12.3. The van der Waals surface area contributed by atoms with E-state index in [1.165, 1.54) is 18.3 Å². The van der Waals surface area contributed by atoms with Gasteiger partial charge in [-0.2, -0.15) is 0 Å². The van der Waals surface area contributed by atoms with Gasteiger partial charge in [-0.05, 0) is 30.6 Å². The van der Waals surface area contributed by atoms with Crippen molar-refractivity contribution in [2.75, 3.05) is 6.54 Å². The lowest BCUT2D eigenvalue weighted by Crippen LogP contribution is -2.59.